The Morgan fingerprint density at radius 1 is 1.00 bits per heavy atom. The van der Waals surface area contributed by atoms with Crippen LogP contribution < -0.4 is 14.8 Å². The molecule has 4 aromatic rings. The molecule has 0 spiro atoms. The molecule has 164 valence electrons. The van der Waals surface area contributed by atoms with E-state index >= 15 is 0 Å². The molecule has 1 N–H and O–H groups in total. The van der Waals surface area contributed by atoms with Crippen molar-refractivity contribution < 1.29 is 14.3 Å². The summed E-state index contributed by atoms with van der Waals surface area (Å²) in [4.78, 5) is 15.9. The van der Waals surface area contributed by atoms with Gasteiger partial charge in [-0.3, -0.25) is 9.79 Å². The van der Waals surface area contributed by atoms with E-state index in [1.54, 1.807) is 6.21 Å². The van der Waals surface area contributed by atoms with Crippen LogP contribution in [0.15, 0.2) is 84.0 Å². The van der Waals surface area contributed by atoms with E-state index in [1.165, 1.54) is 6.92 Å². The largest absolute Gasteiger partial charge is 0.486 e. The molecular weight excluding hydrogens is 416 g/mol. The Hall–Kier alpha value is -4.39. The summed E-state index contributed by atoms with van der Waals surface area (Å²) in [5.41, 5.74) is 5.02. The van der Waals surface area contributed by atoms with Crippen LogP contribution in [-0.4, -0.2) is 35.1 Å². The fraction of sp³-hybridized carbons (Fsp3) is 0.115. The highest BCUT2D eigenvalue weighted by Crippen LogP contribution is 2.35. The lowest BCUT2D eigenvalue weighted by atomic mass is 10.1. The van der Waals surface area contributed by atoms with E-state index in [-0.39, 0.29) is 5.91 Å². The molecule has 0 unspecified atom stereocenters. The van der Waals surface area contributed by atoms with Crippen LogP contribution in [0.4, 0.5) is 11.4 Å². The summed E-state index contributed by atoms with van der Waals surface area (Å²) >= 11 is 0. The minimum atomic E-state index is -0.108. The van der Waals surface area contributed by atoms with Crippen LogP contribution >= 0.6 is 0 Å². The average molecular weight is 438 g/mol. The monoisotopic (exact) mass is 438 g/mol. The van der Waals surface area contributed by atoms with Crippen molar-refractivity contribution in [3.63, 3.8) is 0 Å². The predicted molar refractivity (Wildman–Crippen MR) is 128 cm³/mol. The number of ether oxygens (including phenoxy) is 2. The zero-order chi connectivity index (χ0) is 22.6. The summed E-state index contributed by atoms with van der Waals surface area (Å²) in [5.74, 6) is 1.34. The minimum Gasteiger partial charge on any atom is -0.486 e. The summed E-state index contributed by atoms with van der Waals surface area (Å²) < 4.78 is 13.3. The van der Waals surface area contributed by atoms with Gasteiger partial charge < -0.3 is 14.8 Å². The number of fused-ring (bicyclic) bond motifs is 1. The molecule has 1 aliphatic rings. The van der Waals surface area contributed by atoms with E-state index in [4.69, 9.17) is 14.6 Å². The second-order valence-electron chi connectivity index (χ2n) is 7.56. The molecule has 33 heavy (non-hydrogen) atoms. The Bertz CT molecular complexity index is 1310. The van der Waals surface area contributed by atoms with Crippen molar-refractivity contribution in [1.82, 2.24) is 9.78 Å². The highest BCUT2D eigenvalue weighted by molar-refractivity contribution is 5.91. The molecule has 5 rings (SSSR count). The Morgan fingerprint density at radius 2 is 1.76 bits per heavy atom. The van der Waals surface area contributed by atoms with Gasteiger partial charge in [-0.25, -0.2) is 4.68 Å². The molecule has 3 aromatic carbocycles. The number of para-hydroxylation sites is 1. The van der Waals surface area contributed by atoms with Gasteiger partial charge in [0.1, 0.15) is 18.9 Å². The van der Waals surface area contributed by atoms with Gasteiger partial charge in [0.2, 0.25) is 5.91 Å². The van der Waals surface area contributed by atoms with Crippen molar-refractivity contribution >= 4 is 23.5 Å². The summed E-state index contributed by atoms with van der Waals surface area (Å²) in [5, 5.41) is 7.60. The number of nitrogens with zero attached hydrogens (tertiary/aromatic N) is 3. The number of carbonyl (C=O) groups is 1. The van der Waals surface area contributed by atoms with Crippen molar-refractivity contribution in [3.8, 4) is 28.4 Å². The third kappa shape index (κ3) is 4.62. The third-order valence-corrected chi connectivity index (χ3v) is 5.12. The molecule has 1 aliphatic heterocycles. The third-order valence-electron chi connectivity index (χ3n) is 5.12. The Labute approximate surface area is 191 Å². The van der Waals surface area contributed by atoms with Gasteiger partial charge >= 0.3 is 0 Å². The van der Waals surface area contributed by atoms with Gasteiger partial charge in [0.15, 0.2) is 11.5 Å². The lowest BCUT2D eigenvalue weighted by Crippen LogP contribution is -2.15. The van der Waals surface area contributed by atoms with E-state index in [2.05, 4.69) is 10.3 Å². The van der Waals surface area contributed by atoms with Gasteiger partial charge in [-0.1, -0.05) is 18.2 Å². The quantitative estimate of drug-likeness (QED) is 0.444. The van der Waals surface area contributed by atoms with Crippen LogP contribution in [0.1, 0.15) is 12.5 Å². The molecule has 1 aromatic heterocycles. The molecule has 0 bridgehead atoms. The fourth-order valence-corrected chi connectivity index (χ4v) is 3.59. The summed E-state index contributed by atoms with van der Waals surface area (Å²) in [6.45, 7) is 2.56. The van der Waals surface area contributed by atoms with E-state index in [0.29, 0.717) is 19.0 Å². The van der Waals surface area contributed by atoms with Crippen LogP contribution in [0.3, 0.4) is 0 Å². The van der Waals surface area contributed by atoms with Gasteiger partial charge in [0.25, 0.3) is 0 Å². The molecule has 0 saturated carbocycles. The Morgan fingerprint density at radius 3 is 2.52 bits per heavy atom. The van der Waals surface area contributed by atoms with Crippen LogP contribution in [0.25, 0.3) is 16.9 Å². The maximum atomic E-state index is 11.2. The average Bonchev–Trinajstić information content (AvgIpc) is 3.28. The first-order valence-electron chi connectivity index (χ1n) is 10.6. The number of amides is 1. The van der Waals surface area contributed by atoms with Crippen molar-refractivity contribution in [2.45, 2.75) is 6.92 Å². The van der Waals surface area contributed by atoms with Crippen LogP contribution in [0.5, 0.6) is 11.5 Å². The van der Waals surface area contributed by atoms with Gasteiger partial charge in [0.05, 0.1) is 11.4 Å². The number of nitrogens with one attached hydrogen (secondary N) is 1. The van der Waals surface area contributed by atoms with Crippen LogP contribution in [0, 0.1) is 0 Å². The molecule has 7 heteroatoms. The maximum Gasteiger partial charge on any atom is 0.221 e. The number of hydrogen-bond donors (Lipinski definition) is 1. The van der Waals surface area contributed by atoms with E-state index < -0.39 is 0 Å². The molecule has 0 fully saturated rings. The first-order chi connectivity index (χ1) is 16.2. The van der Waals surface area contributed by atoms with Crippen molar-refractivity contribution in [2.75, 3.05) is 18.5 Å². The summed E-state index contributed by atoms with van der Waals surface area (Å²) in [7, 11) is 0. The highest BCUT2D eigenvalue weighted by Gasteiger charge is 2.16. The van der Waals surface area contributed by atoms with Gasteiger partial charge in [0, 0.05) is 36.1 Å². The normalized spacial score (nSPS) is 12.6. The molecule has 7 nitrogen and oxygen atoms in total. The van der Waals surface area contributed by atoms with Crippen molar-refractivity contribution in [3.05, 3.63) is 84.6 Å². The lowest BCUT2D eigenvalue weighted by Gasteiger charge is -2.18. The Kier molecular flexibility index (Phi) is 5.59. The summed E-state index contributed by atoms with van der Waals surface area (Å²) in [6, 6.07) is 23.1. The number of benzene rings is 3. The second kappa shape index (κ2) is 9.00. The zero-order valence-electron chi connectivity index (χ0n) is 18.1. The predicted octanol–water partition coefficient (Wildman–Crippen LogP) is 5.02. The van der Waals surface area contributed by atoms with Gasteiger partial charge in [-0.05, 0) is 54.6 Å². The first kappa shape index (κ1) is 20.5. The number of aromatic nitrogens is 2. The molecule has 2 heterocycles. The maximum absolute atomic E-state index is 11.2. The van der Waals surface area contributed by atoms with Crippen molar-refractivity contribution in [1.29, 1.82) is 0 Å². The standard InChI is InChI=1S/C26H22N4O3/c1-18(31)28-22-10-8-21(9-11-22)27-16-20-17-30(23-5-3-2-4-6-23)29-26(20)19-7-12-24-25(15-19)33-14-13-32-24/h2-12,15-17H,13-14H2,1H3,(H,28,31). The smallest absolute Gasteiger partial charge is 0.221 e. The van der Waals surface area contributed by atoms with E-state index in [0.717, 1.165) is 39.6 Å². The SMILES string of the molecule is CC(=O)Nc1ccc(N=Cc2cn(-c3ccccc3)nc2-c2ccc3c(c2)OCCO3)cc1. The summed E-state index contributed by atoms with van der Waals surface area (Å²) in [6.07, 6.45) is 3.75. The van der Waals surface area contributed by atoms with Crippen LogP contribution in [-0.2, 0) is 4.79 Å². The van der Waals surface area contributed by atoms with Crippen molar-refractivity contribution in [2.24, 2.45) is 4.99 Å². The van der Waals surface area contributed by atoms with E-state index in [9.17, 15) is 4.79 Å². The molecule has 0 aliphatic carbocycles. The minimum absolute atomic E-state index is 0.108. The Balaban J connectivity index is 1.51. The topological polar surface area (TPSA) is 77.7 Å². The number of hydrogen-bond acceptors (Lipinski definition) is 5. The number of carbonyl (C=O) groups excluding carboxylic acids is 1. The molecule has 0 saturated heterocycles. The lowest BCUT2D eigenvalue weighted by molar-refractivity contribution is -0.114. The molecule has 1 amide bonds. The first-order valence-corrected chi connectivity index (χ1v) is 10.6. The second-order valence-corrected chi connectivity index (χ2v) is 7.56. The number of anilines is 1. The van der Waals surface area contributed by atoms with Gasteiger partial charge in [-0.15, -0.1) is 0 Å². The van der Waals surface area contributed by atoms with Gasteiger partial charge in [-0.2, -0.15) is 5.10 Å². The fourth-order valence-electron chi connectivity index (χ4n) is 3.59. The molecule has 0 atom stereocenters. The van der Waals surface area contributed by atoms with Crippen LogP contribution in [0.2, 0.25) is 0 Å². The zero-order valence-corrected chi connectivity index (χ0v) is 18.1. The molecular formula is C26H22N4O3. The van der Waals surface area contributed by atoms with E-state index in [1.807, 2.05) is 83.7 Å². The number of rotatable bonds is 5. The highest BCUT2D eigenvalue weighted by atomic mass is 16.6. The molecule has 0 radical (unpaired) electrons. The number of aliphatic imine (C=N–C) groups is 1.